The summed E-state index contributed by atoms with van der Waals surface area (Å²) in [5.74, 6) is 0.705. The Morgan fingerprint density at radius 3 is 2.19 bits per heavy atom. The van der Waals surface area contributed by atoms with E-state index < -0.39 is 17.8 Å². The largest absolute Gasteiger partial charge is 0.493 e. The molecule has 0 aromatic heterocycles. The molecule has 3 aromatic carbocycles. The van der Waals surface area contributed by atoms with Gasteiger partial charge >= 0.3 is 12.2 Å². The molecule has 0 saturated heterocycles. The van der Waals surface area contributed by atoms with E-state index >= 15 is 0 Å². The molecule has 3 rings (SSSR count). The van der Waals surface area contributed by atoms with Crippen LogP contribution in [0.25, 0.3) is 11.1 Å². The monoisotopic (exact) mass is 490 g/mol. The van der Waals surface area contributed by atoms with E-state index in [9.17, 15) is 9.59 Å². The average Bonchev–Trinajstić information content (AvgIpc) is 2.86. The lowest BCUT2D eigenvalue weighted by atomic mass is 10.0. The summed E-state index contributed by atoms with van der Waals surface area (Å²) in [7, 11) is 0. The number of alkyl carbamates (subject to hydrolysis) is 2. The van der Waals surface area contributed by atoms with Crippen LogP contribution in [0.4, 0.5) is 9.59 Å². The maximum absolute atomic E-state index is 12.0. The molecule has 3 aromatic rings. The summed E-state index contributed by atoms with van der Waals surface area (Å²) in [4.78, 5) is 24.0. The highest BCUT2D eigenvalue weighted by Crippen LogP contribution is 2.31. The van der Waals surface area contributed by atoms with Crippen LogP contribution in [0.3, 0.4) is 0 Å². The minimum atomic E-state index is -0.558. The van der Waals surface area contributed by atoms with Crippen molar-refractivity contribution in [2.24, 2.45) is 0 Å². The van der Waals surface area contributed by atoms with Gasteiger partial charge < -0.3 is 24.8 Å². The predicted octanol–water partition coefficient (Wildman–Crippen LogP) is 6.07. The molecule has 7 nitrogen and oxygen atoms in total. The van der Waals surface area contributed by atoms with Crippen LogP contribution in [0.2, 0.25) is 0 Å². The Labute approximate surface area is 212 Å². The first-order valence-corrected chi connectivity index (χ1v) is 12.0. The van der Waals surface area contributed by atoms with Gasteiger partial charge in [-0.05, 0) is 49.9 Å². The van der Waals surface area contributed by atoms with E-state index in [2.05, 4.69) is 10.6 Å². The fraction of sp³-hybridized carbons (Fsp3) is 0.310. The van der Waals surface area contributed by atoms with Crippen molar-refractivity contribution in [3.05, 3.63) is 90.0 Å². The number of rotatable bonds is 10. The zero-order valence-corrected chi connectivity index (χ0v) is 21.1. The van der Waals surface area contributed by atoms with Crippen molar-refractivity contribution < 1.29 is 23.8 Å². The van der Waals surface area contributed by atoms with E-state index in [1.165, 1.54) is 0 Å². The summed E-state index contributed by atoms with van der Waals surface area (Å²) in [5, 5.41) is 5.52. The van der Waals surface area contributed by atoms with E-state index in [0.29, 0.717) is 31.9 Å². The third-order valence-electron chi connectivity index (χ3n) is 5.03. The molecule has 36 heavy (non-hydrogen) atoms. The molecule has 0 aliphatic heterocycles. The maximum atomic E-state index is 12.0. The zero-order chi connectivity index (χ0) is 25.8. The Morgan fingerprint density at radius 2 is 1.50 bits per heavy atom. The van der Waals surface area contributed by atoms with Crippen LogP contribution in [0.1, 0.15) is 38.3 Å². The van der Waals surface area contributed by atoms with Gasteiger partial charge in [-0.25, -0.2) is 9.59 Å². The van der Waals surface area contributed by atoms with Gasteiger partial charge in [-0.15, -0.1) is 0 Å². The molecule has 7 heteroatoms. The van der Waals surface area contributed by atoms with Crippen molar-refractivity contribution in [2.75, 3.05) is 13.2 Å². The summed E-state index contributed by atoms with van der Waals surface area (Å²) in [6.45, 7) is 6.85. The standard InChI is InChI=1S/C29H34N2O5/c1-29(2,3)36-28(33)31-20-23-15-16-25(24-13-8-5-9-14-24)26(19-23)34-18-10-17-30-27(32)35-21-22-11-6-4-7-12-22/h4-9,11-16,19H,10,17-18,20-21H2,1-3H3,(H,30,32)(H,31,33). The molecule has 0 fully saturated rings. The first kappa shape index (κ1) is 26.6. The Kier molecular flexibility index (Phi) is 9.74. The molecule has 0 saturated carbocycles. The first-order valence-electron chi connectivity index (χ1n) is 12.0. The topological polar surface area (TPSA) is 85.9 Å². The van der Waals surface area contributed by atoms with Crippen LogP contribution in [-0.2, 0) is 22.6 Å². The number of carbonyl (C=O) groups is 2. The Balaban J connectivity index is 1.52. The molecule has 0 aliphatic carbocycles. The van der Waals surface area contributed by atoms with Gasteiger partial charge in [0.1, 0.15) is 18.0 Å². The smallest absolute Gasteiger partial charge is 0.407 e. The summed E-state index contributed by atoms with van der Waals surface area (Å²) < 4.78 is 16.6. The van der Waals surface area contributed by atoms with E-state index in [1.807, 2.05) is 99.6 Å². The molecule has 2 N–H and O–H groups in total. The lowest BCUT2D eigenvalue weighted by Gasteiger charge is -2.20. The molecule has 0 heterocycles. The van der Waals surface area contributed by atoms with Crippen LogP contribution >= 0.6 is 0 Å². The van der Waals surface area contributed by atoms with Crippen molar-refractivity contribution in [1.29, 1.82) is 0 Å². The Morgan fingerprint density at radius 1 is 0.806 bits per heavy atom. The third kappa shape index (κ3) is 9.33. The number of hydrogen-bond donors (Lipinski definition) is 2. The van der Waals surface area contributed by atoms with Crippen molar-refractivity contribution in [3.63, 3.8) is 0 Å². The number of ether oxygens (including phenoxy) is 3. The zero-order valence-electron chi connectivity index (χ0n) is 21.1. The van der Waals surface area contributed by atoms with Crippen LogP contribution < -0.4 is 15.4 Å². The molecular formula is C29H34N2O5. The average molecular weight is 491 g/mol. The second kappa shape index (κ2) is 13.2. The fourth-order valence-electron chi connectivity index (χ4n) is 3.36. The SMILES string of the molecule is CC(C)(C)OC(=O)NCc1ccc(-c2ccccc2)c(OCCCNC(=O)OCc2ccccc2)c1. The highest BCUT2D eigenvalue weighted by molar-refractivity contribution is 5.71. The molecule has 0 aliphatic rings. The lowest BCUT2D eigenvalue weighted by molar-refractivity contribution is 0.0523. The molecule has 0 atom stereocenters. The Hall–Kier alpha value is -4.00. The first-order chi connectivity index (χ1) is 17.3. The predicted molar refractivity (Wildman–Crippen MR) is 140 cm³/mol. The van der Waals surface area contributed by atoms with Gasteiger partial charge in [-0.3, -0.25) is 0 Å². The number of benzene rings is 3. The molecule has 2 amide bonds. The van der Waals surface area contributed by atoms with Gasteiger partial charge in [0.2, 0.25) is 0 Å². The summed E-state index contributed by atoms with van der Waals surface area (Å²) in [6, 6.07) is 25.3. The molecule has 0 radical (unpaired) electrons. The molecule has 190 valence electrons. The number of nitrogens with one attached hydrogen (secondary N) is 2. The van der Waals surface area contributed by atoms with Crippen molar-refractivity contribution in [1.82, 2.24) is 10.6 Å². The van der Waals surface area contributed by atoms with E-state index in [-0.39, 0.29) is 6.61 Å². The van der Waals surface area contributed by atoms with Gasteiger partial charge in [0.15, 0.2) is 0 Å². The summed E-state index contributed by atoms with van der Waals surface area (Å²) in [5.41, 5.74) is 3.24. The maximum Gasteiger partial charge on any atom is 0.407 e. The fourth-order valence-corrected chi connectivity index (χ4v) is 3.36. The second-order valence-corrected chi connectivity index (χ2v) is 9.24. The minimum absolute atomic E-state index is 0.230. The number of carbonyl (C=O) groups excluding carboxylic acids is 2. The highest BCUT2D eigenvalue weighted by atomic mass is 16.6. The molecule has 0 spiro atoms. The normalized spacial score (nSPS) is 10.9. The molecule has 0 unspecified atom stereocenters. The summed E-state index contributed by atoms with van der Waals surface area (Å²) in [6.07, 6.45) is -0.323. The molecule has 0 bridgehead atoms. The minimum Gasteiger partial charge on any atom is -0.493 e. The van der Waals surface area contributed by atoms with Gasteiger partial charge in [-0.1, -0.05) is 72.8 Å². The van der Waals surface area contributed by atoms with E-state index in [0.717, 1.165) is 22.3 Å². The third-order valence-corrected chi connectivity index (χ3v) is 5.03. The number of amides is 2. The Bertz CT molecular complexity index is 1110. The highest BCUT2D eigenvalue weighted by Gasteiger charge is 2.16. The second-order valence-electron chi connectivity index (χ2n) is 9.24. The van der Waals surface area contributed by atoms with Gasteiger partial charge in [0.05, 0.1) is 6.61 Å². The van der Waals surface area contributed by atoms with Crippen LogP contribution in [0.5, 0.6) is 5.75 Å². The lowest BCUT2D eigenvalue weighted by Crippen LogP contribution is -2.32. The summed E-state index contributed by atoms with van der Waals surface area (Å²) >= 11 is 0. The van der Waals surface area contributed by atoms with Crippen LogP contribution in [0, 0.1) is 0 Å². The van der Waals surface area contributed by atoms with E-state index in [1.54, 1.807) is 0 Å². The number of hydrogen-bond acceptors (Lipinski definition) is 5. The van der Waals surface area contributed by atoms with Gasteiger partial charge in [0, 0.05) is 18.7 Å². The van der Waals surface area contributed by atoms with Gasteiger partial charge in [0.25, 0.3) is 0 Å². The van der Waals surface area contributed by atoms with E-state index in [4.69, 9.17) is 14.2 Å². The van der Waals surface area contributed by atoms with Crippen molar-refractivity contribution in [2.45, 2.75) is 45.9 Å². The van der Waals surface area contributed by atoms with Crippen LogP contribution in [-0.4, -0.2) is 30.9 Å². The molecular weight excluding hydrogens is 456 g/mol. The van der Waals surface area contributed by atoms with Gasteiger partial charge in [-0.2, -0.15) is 0 Å². The quantitative estimate of drug-likeness (QED) is 0.337. The van der Waals surface area contributed by atoms with Crippen LogP contribution in [0.15, 0.2) is 78.9 Å². The van der Waals surface area contributed by atoms with Crippen molar-refractivity contribution >= 4 is 12.2 Å². The van der Waals surface area contributed by atoms with Crippen molar-refractivity contribution in [3.8, 4) is 16.9 Å².